The third-order valence-electron chi connectivity index (χ3n) is 7.27. The van der Waals surface area contributed by atoms with Gasteiger partial charge < -0.3 is 9.97 Å². The van der Waals surface area contributed by atoms with Crippen LogP contribution >= 0.6 is 0 Å². The monoisotopic (exact) mass is 486 g/mol. The molecule has 1 aliphatic rings. The fourth-order valence-corrected chi connectivity index (χ4v) is 5.40. The first-order valence-corrected chi connectivity index (χ1v) is 12.4. The van der Waals surface area contributed by atoms with E-state index in [-0.39, 0.29) is 5.82 Å². The van der Waals surface area contributed by atoms with Crippen molar-refractivity contribution in [2.75, 3.05) is 6.54 Å². The van der Waals surface area contributed by atoms with Crippen LogP contribution in [0, 0.1) is 5.82 Å². The summed E-state index contributed by atoms with van der Waals surface area (Å²) in [6.45, 7) is 3.91. The third kappa shape index (κ3) is 4.98. The number of amides is 1. The summed E-state index contributed by atoms with van der Waals surface area (Å²) in [5, 5.41) is 9.79. The molecule has 0 saturated carbocycles. The van der Waals surface area contributed by atoms with Gasteiger partial charge in [-0.3, -0.25) is 14.9 Å². The summed E-state index contributed by atoms with van der Waals surface area (Å²) in [4.78, 5) is 20.4. The van der Waals surface area contributed by atoms with Crippen molar-refractivity contribution in [1.29, 1.82) is 0 Å². The number of aryl methyl sites for hydroxylation is 2. The maximum Gasteiger partial charge on any atom is 0.267 e. The number of benzene rings is 2. The van der Waals surface area contributed by atoms with Crippen molar-refractivity contribution in [3.8, 4) is 0 Å². The molecule has 4 aromatic rings. The molecule has 6 nitrogen and oxygen atoms in total. The SMILES string of the molecule is CCc1c[nH]cc1CN(CCc1c[nH]c2cc(F)ccc12)C1CCc2cc(/C=C/C(=O)NO)ccc21. The normalized spacial score (nSPS) is 15.3. The van der Waals surface area contributed by atoms with Crippen LogP contribution in [0.2, 0.25) is 0 Å². The highest BCUT2D eigenvalue weighted by atomic mass is 19.1. The molecule has 7 heteroatoms. The van der Waals surface area contributed by atoms with Crippen LogP contribution in [0.1, 0.15) is 52.8 Å². The molecule has 0 bridgehead atoms. The van der Waals surface area contributed by atoms with Crippen molar-refractivity contribution in [1.82, 2.24) is 20.3 Å². The van der Waals surface area contributed by atoms with Crippen molar-refractivity contribution in [2.45, 2.75) is 45.2 Å². The number of hydrogen-bond acceptors (Lipinski definition) is 3. The van der Waals surface area contributed by atoms with Gasteiger partial charge in [0.15, 0.2) is 0 Å². The minimum atomic E-state index is -0.544. The average molecular weight is 487 g/mol. The van der Waals surface area contributed by atoms with Crippen molar-refractivity contribution >= 4 is 22.9 Å². The first-order valence-electron chi connectivity index (χ1n) is 12.4. The van der Waals surface area contributed by atoms with Crippen LogP contribution in [-0.2, 0) is 30.6 Å². The van der Waals surface area contributed by atoms with Crippen molar-refractivity contribution in [3.63, 3.8) is 0 Å². The van der Waals surface area contributed by atoms with E-state index in [2.05, 4.69) is 46.3 Å². The molecule has 2 aromatic carbocycles. The Morgan fingerprint density at radius 1 is 1.17 bits per heavy atom. The van der Waals surface area contributed by atoms with Crippen LogP contribution in [0.4, 0.5) is 4.39 Å². The zero-order valence-electron chi connectivity index (χ0n) is 20.4. The van der Waals surface area contributed by atoms with E-state index in [0.29, 0.717) is 6.04 Å². The van der Waals surface area contributed by atoms with Gasteiger partial charge in [-0.25, -0.2) is 9.87 Å². The second kappa shape index (κ2) is 10.5. The number of rotatable bonds is 9. The highest BCUT2D eigenvalue weighted by Crippen LogP contribution is 2.38. The van der Waals surface area contributed by atoms with E-state index in [9.17, 15) is 9.18 Å². The summed E-state index contributed by atoms with van der Waals surface area (Å²) in [6, 6.07) is 11.6. The number of fused-ring (bicyclic) bond motifs is 2. The molecule has 2 heterocycles. The van der Waals surface area contributed by atoms with E-state index < -0.39 is 5.91 Å². The standard InChI is InChI=1S/C29H31FN4O2/c1-2-20-15-31-16-23(20)18-34(12-11-22-17-32-27-14-24(30)6-8-25(22)27)28-9-5-21-13-19(3-7-26(21)28)4-10-29(35)33-36/h3-4,6-8,10,13-17,28,31-32,36H,2,5,9,11-12,18H2,1H3,(H,33,35)/b10-4+. The predicted octanol–water partition coefficient (Wildman–Crippen LogP) is 5.45. The molecule has 36 heavy (non-hydrogen) atoms. The molecule has 0 saturated heterocycles. The molecule has 5 rings (SSSR count). The minimum absolute atomic E-state index is 0.231. The van der Waals surface area contributed by atoms with Gasteiger partial charge in [0.2, 0.25) is 0 Å². The second-order valence-electron chi connectivity index (χ2n) is 9.41. The zero-order valence-corrected chi connectivity index (χ0v) is 20.4. The molecular formula is C29H31FN4O2. The van der Waals surface area contributed by atoms with Gasteiger partial charge in [0, 0.05) is 54.7 Å². The molecule has 0 radical (unpaired) electrons. The average Bonchev–Trinajstić information content (AvgIpc) is 3.62. The Morgan fingerprint density at radius 3 is 2.86 bits per heavy atom. The number of carbonyl (C=O) groups is 1. The lowest BCUT2D eigenvalue weighted by atomic mass is 10.0. The predicted molar refractivity (Wildman–Crippen MR) is 139 cm³/mol. The molecule has 2 aromatic heterocycles. The van der Waals surface area contributed by atoms with E-state index in [1.165, 1.54) is 40.0 Å². The Bertz CT molecular complexity index is 1400. The molecule has 1 unspecified atom stereocenters. The Labute approximate surface area is 209 Å². The maximum absolute atomic E-state index is 13.7. The second-order valence-corrected chi connectivity index (χ2v) is 9.41. The molecular weight excluding hydrogens is 455 g/mol. The lowest BCUT2D eigenvalue weighted by Crippen LogP contribution is -2.29. The first kappa shape index (κ1) is 24.0. The van der Waals surface area contributed by atoms with Gasteiger partial charge in [-0.15, -0.1) is 0 Å². The molecule has 0 fully saturated rings. The third-order valence-corrected chi connectivity index (χ3v) is 7.27. The fraction of sp³-hybridized carbons (Fsp3) is 0.276. The van der Waals surface area contributed by atoms with E-state index in [4.69, 9.17) is 5.21 Å². The van der Waals surface area contributed by atoms with Gasteiger partial charge in [-0.05, 0) is 83.3 Å². The highest BCUT2D eigenvalue weighted by Gasteiger charge is 2.28. The fourth-order valence-electron chi connectivity index (χ4n) is 5.40. The van der Waals surface area contributed by atoms with Crippen LogP contribution in [0.25, 0.3) is 17.0 Å². The summed E-state index contributed by atoms with van der Waals surface area (Å²) in [5.74, 6) is -0.774. The van der Waals surface area contributed by atoms with Crippen molar-refractivity contribution < 1.29 is 14.4 Å². The van der Waals surface area contributed by atoms with Crippen LogP contribution < -0.4 is 5.48 Å². The van der Waals surface area contributed by atoms with Gasteiger partial charge in [0.05, 0.1) is 0 Å². The Morgan fingerprint density at radius 2 is 2.03 bits per heavy atom. The summed E-state index contributed by atoms with van der Waals surface area (Å²) >= 11 is 0. The Balaban J connectivity index is 1.40. The number of nitrogens with one attached hydrogen (secondary N) is 3. The molecule has 1 atom stereocenters. The van der Waals surface area contributed by atoms with Gasteiger partial charge in [-0.1, -0.05) is 25.1 Å². The summed E-state index contributed by atoms with van der Waals surface area (Å²) in [7, 11) is 0. The number of carbonyl (C=O) groups excluding carboxylic acids is 1. The summed E-state index contributed by atoms with van der Waals surface area (Å²) in [5.41, 5.74) is 9.87. The summed E-state index contributed by atoms with van der Waals surface area (Å²) in [6.07, 6.45) is 13.1. The van der Waals surface area contributed by atoms with Crippen molar-refractivity contribution in [3.05, 3.63) is 100 Å². The van der Waals surface area contributed by atoms with Crippen LogP contribution in [0.5, 0.6) is 0 Å². The van der Waals surface area contributed by atoms with Crippen LogP contribution in [0.15, 0.2) is 61.1 Å². The van der Waals surface area contributed by atoms with E-state index in [1.807, 2.05) is 18.3 Å². The first-order chi connectivity index (χ1) is 17.6. The van der Waals surface area contributed by atoms with E-state index in [0.717, 1.165) is 55.2 Å². The van der Waals surface area contributed by atoms with Gasteiger partial charge in [0.25, 0.3) is 5.91 Å². The zero-order chi connectivity index (χ0) is 25.1. The largest absolute Gasteiger partial charge is 0.367 e. The van der Waals surface area contributed by atoms with Crippen LogP contribution in [-0.4, -0.2) is 32.5 Å². The molecule has 4 N–H and O–H groups in total. The van der Waals surface area contributed by atoms with Gasteiger partial charge >= 0.3 is 0 Å². The quantitative estimate of drug-likeness (QED) is 0.144. The Hall–Kier alpha value is -3.68. The number of nitrogens with zero attached hydrogens (tertiary/aromatic N) is 1. The van der Waals surface area contributed by atoms with Crippen LogP contribution in [0.3, 0.4) is 0 Å². The van der Waals surface area contributed by atoms with E-state index in [1.54, 1.807) is 17.6 Å². The van der Waals surface area contributed by atoms with Gasteiger partial charge in [-0.2, -0.15) is 0 Å². The maximum atomic E-state index is 13.7. The number of hydrogen-bond donors (Lipinski definition) is 4. The smallest absolute Gasteiger partial charge is 0.267 e. The summed E-state index contributed by atoms with van der Waals surface area (Å²) < 4.78 is 13.7. The molecule has 1 aliphatic carbocycles. The van der Waals surface area contributed by atoms with Crippen molar-refractivity contribution in [2.24, 2.45) is 0 Å². The number of hydroxylamine groups is 1. The molecule has 1 amide bonds. The number of aromatic nitrogens is 2. The van der Waals surface area contributed by atoms with Gasteiger partial charge in [0.1, 0.15) is 5.82 Å². The molecule has 0 aliphatic heterocycles. The minimum Gasteiger partial charge on any atom is -0.367 e. The highest BCUT2D eigenvalue weighted by molar-refractivity contribution is 5.90. The molecule has 186 valence electrons. The topological polar surface area (TPSA) is 84.2 Å². The van der Waals surface area contributed by atoms with E-state index >= 15 is 0 Å². The Kier molecular flexibility index (Phi) is 7.02. The molecule has 0 spiro atoms. The number of aromatic amines is 2. The lowest BCUT2D eigenvalue weighted by Gasteiger charge is -2.30. The number of halogens is 1. The number of H-pyrrole nitrogens is 2. The lowest BCUT2D eigenvalue weighted by molar-refractivity contribution is -0.124.